The summed E-state index contributed by atoms with van der Waals surface area (Å²) in [5.74, 6) is -0.0444. The molecule has 5 aromatic rings. The normalized spacial score (nSPS) is 11.3. The molecule has 4 aromatic heterocycles. The van der Waals surface area contributed by atoms with E-state index in [2.05, 4.69) is 15.1 Å². The second kappa shape index (κ2) is 6.99. The third-order valence-corrected chi connectivity index (χ3v) is 4.93. The second-order valence-corrected chi connectivity index (χ2v) is 6.92. The van der Waals surface area contributed by atoms with Crippen molar-refractivity contribution in [1.82, 2.24) is 19.7 Å². The summed E-state index contributed by atoms with van der Waals surface area (Å²) in [7, 11) is 0. The molecule has 0 radical (unpaired) electrons. The van der Waals surface area contributed by atoms with Crippen molar-refractivity contribution in [3.8, 4) is 11.5 Å². The van der Waals surface area contributed by atoms with Crippen molar-refractivity contribution in [1.29, 1.82) is 0 Å². The van der Waals surface area contributed by atoms with Crippen LogP contribution in [0.3, 0.4) is 0 Å². The lowest BCUT2D eigenvalue weighted by Crippen LogP contribution is -2.25. The van der Waals surface area contributed by atoms with Gasteiger partial charge in [-0.05, 0) is 23.6 Å². The van der Waals surface area contributed by atoms with Gasteiger partial charge in [0.05, 0.1) is 11.9 Å². The summed E-state index contributed by atoms with van der Waals surface area (Å²) in [6.07, 6.45) is 1.30. The summed E-state index contributed by atoms with van der Waals surface area (Å²) >= 11 is 1.51. The topological polar surface area (TPSA) is 113 Å². The van der Waals surface area contributed by atoms with E-state index in [0.29, 0.717) is 17.0 Å². The minimum absolute atomic E-state index is 0.0973. The van der Waals surface area contributed by atoms with Gasteiger partial charge in [-0.1, -0.05) is 17.3 Å². The largest absolute Gasteiger partial charge is 0.456 e. The van der Waals surface area contributed by atoms with Crippen molar-refractivity contribution in [3.63, 3.8) is 0 Å². The minimum Gasteiger partial charge on any atom is -0.456 e. The third-order valence-electron chi connectivity index (χ3n) is 4.25. The van der Waals surface area contributed by atoms with Crippen LogP contribution in [-0.2, 0) is 22.7 Å². The summed E-state index contributed by atoms with van der Waals surface area (Å²) in [6, 6.07) is 9.07. The Balaban J connectivity index is 1.30. The van der Waals surface area contributed by atoms with Gasteiger partial charge in [0.15, 0.2) is 6.61 Å². The Bertz CT molecular complexity index is 1380. The van der Waals surface area contributed by atoms with Crippen LogP contribution in [-0.4, -0.2) is 25.7 Å². The summed E-state index contributed by atoms with van der Waals surface area (Å²) in [5, 5.41) is 8.29. The van der Waals surface area contributed by atoms with Crippen LogP contribution in [0.15, 0.2) is 61.2 Å². The van der Waals surface area contributed by atoms with Crippen molar-refractivity contribution < 1.29 is 18.5 Å². The molecule has 144 valence electrons. The van der Waals surface area contributed by atoms with Gasteiger partial charge in [0.25, 0.3) is 11.4 Å². The van der Waals surface area contributed by atoms with Crippen molar-refractivity contribution in [2.45, 2.75) is 13.2 Å². The van der Waals surface area contributed by atoms with Crippen LogP contribution in [0.1, 0.15) is 5.82 Å². The van der Waals surface area contributed by atoms with Crippen molar-refractivity contribution in [3.05, 3.63) is 63.6 Å². The number of hydrogen-bond donors (Lipinski definition) is 0. The third kappa shape index (κ3) is 3.19. The van der Waals surface area contributed by atoms with E-state index in [1.54, 1.807) is 6.07 Å². The number of benzene rings is 1. The number of ether oxygens (including phenoxy) is 1. The molecule has 0 N–H and O–H groups in total. The highest BCUT2D eigenvalue weighted by atomic mass is 32.1. The first-order chi connectivity index (χ1) is 14.2. The summed E-state index contributed by atoms with van der Waals surface area (Å²) in [6.45, 7) is -0.477. The highest BCUT2D eigenvalue weighted by Crippen LogP contribution is 2.24. The fourth-order valence-corrected chi connectivity index (χ4v) is 3.50. The molecule has 0 atom stereocenters. The highest BCUT2D eigenvalue weighted by Gasteiger charge is 2.16. The van der Waals surface area contributed by atoms with Gasteiger partial charge in [-0.15, -0.1) is 0 Å². The summed E-state index contributed by atoms with van der Waals surface area (Å²) in [4.78, 5) is 33.2. The molecule has 0 saturated heterocycles. The van der Waals surface area contributed by atoms with Crippen LogP contribution in [0.4, 0.5) is 0 Å². The zero-order valence-electron chi connectivity index (χ0n) is 14.8. The number of carbonyl (C=O) groups is 1. The van der Waals surface area contributed by atoms with Gasteiger partial charge >= 0.3 is 5.97 Å². The Hall–Kier alpha value is -3.79. The molecule has 0 fully saturated rings. The van der Waals surface area contributed by atoms with E-state index in [1.807, 2.05) is 35.0 Å². The van der Waals surface area contributed by atoms with Crippen LogP contribution < -0.4 is 5.56 Å². The van der Waals surface area contributed by atoms with E-state index < -0.39 is 11.5 Å². The fourth-order valence-electron chi connectivity index (χ4n) is 2.87. The van der Waals surface area contributed by atoms with Crippen LogP contribution >= 0.6 is 11.3 Å². The molecule has 0 saturated carbocycles. The van der Waals surface area contributed by atoms with Crippen LogP contribution in [0.5, 0.6) is 0 Å². The first-order valence-corrected chi connectivity index (χ1v) is 9.51. The van der Waals surface area contributed by atoms with Gasteiger partial charge in [-0.25, -0.2) is 4.98 Å². The monoisotopic (exact) mass is 408 g/mol. The average Bonchev–Trinajstić information content (AvgIpc) is 3.48. The average molecular weight is 408 g/mol. The number of rotatable bonds is 5. The van der Waals surface area contributed by atoms with Crippen LogP contribution in [0.2, 0.25) is 0 Å². The van der Waals surface area contributed by atoms with Crippen LogP contribution in [0.25, 0.3) is 33.5 Å². The maximum Gasteiger partial charge on any atom is 0.326 e. The number of esters is 1. The van der Waals surface area contributed by atoms with E-state index >= 15 is 0 Å². The molecular formula is C19H12N4O5S. The maximum atomic E-state index is 12.6. The maximum absolute atomic E-state index is 12.6. The van der Waals surface area contributed by atoms with Crippen molar-refractivity contribution >= 4 is 39.4 Å². The molecule has 9 nitrogen and oxygen atoms in total. The highest BCUT2D eigenvalue weighted by molar-refractivity contribution is 7.08. The molecule has 5 rings (SSSR count). The number of aromatic nitrogens is 4. The van der Waals surface area contributed by atoms with Gasteiger partial charge in [0.1, 0.15) is 17.6 Å². The molecule has 0 aliphatic carbocycles. The van der Waals surface area contributed by atoms with Crippen LogP contribution in [0, 0.1) is 0 Å². The lowest BCUT2D eigenvalue weighted by atomic mass is 10.2. The molecule has 29 heavy (non-hydrogen) atoms. The van der Waals surface area contributed by atoms with Gasteiger partial charge < -0.3 is 13.7 Å². The zero-order valence-corrected chi connectivity index (χ0v) is 15.6. The van der Waals surface area contributed by atoms with E-state index in [1.165, 1.54) is 17.7 Å². The number of carbonyl (C=O) groups excluding carboxylic acids is 1. The molecule has 0 aliphatic rings. The Morgan fingerprint density at radius 3 is 3.00 bits per heavy atom. The Kier molecular flexibility index (Phi) is 4.17. The number of nitrogens with zero attached hydrogens (tertiary/aromatic N) is 4. The molecule has 0 bridgehead atoms. The molecule has 4 heterocycles. The number of furan rings is 1. The lowest BCUT2D eigenvalue weighted by Gasteiger charge is -2.04. The first kappa shape index (κ1) is 17.3. The molecule has 0 aliphatic heterocycles. The molecule has 1 aromatic carbocycles. The predicted molar refractivity (Wildman–Crippen MR) is 103 cm³/mol. The molecular weight excluding hydrogens is 396 g/mol. The SMILES string of the molecule is O=C(Cn1cnc2c(oc3ccccc32)c1=O)OCc1noc(-c2ccsc2)n1. The molecule has 0 unspecified atom stereocenters. The van der Waals surface area contributed by atoms with E-state index in [4.69, 9.17) is 13.7 Å². The zero-order chi connectivity index (χ0) is 19.8. The van der Waals surface area contributed by atoms with Gasteiger partial charge in [0.2, 0.25) is 11.4 Å². The minimum atomic E-state index is -0.633. The van der Waals surface area contributed by atoms with Gasteiger partial charge in [0, 0.05) is 10.8 Å². The quantitative estimate of drug-likeness (QED) is 0.408. The first-order valence-electron chi connectivity index (χ1n) is 8.56. The van der Waals surface area contributed by atoms with Crippen molar-refractivity contribution in [2.24, 2.45) is 0 Å². The number of thiophene rings is 1. The lowest BCUT2D eigenvalue weighted by molar-refractivity contribution is -0.146. The molecule has 10 heteroatoms. The van der Waals surface area contributed by atoms with Gasteiger partial charge in [-0.3, -0.25) is 14.2 Å². The second-order valence-electron chi connectivity index (χ2n) is 6.14. The predicted octanol–water partition coefficient (Wildman–Crippen LogP) is 3.00. The Morgan fingerprint density at radius 2 is 2.14 bits per heavy atom. The smallest absolute Gasteiger partial charge is 0.326 e. The van der Waals surface area contributed by atoms with Crippen molar-refractivity contribution in [2.75, 3.05) is 0 Å². The van der Waals surface area contributed by atoms with E-state index in [9.17, 15) is 9.59 Å². The van der Waals surface area contributed by atoms with Gasteiger partial charge in [-0.2, -0.15) is 16.3 Å². The Morgan fingerprint density at radius 1 is 1.24 bits per heavy atom. The van der Waals surface area contributed by atoms with E-state index in [0.717, 1.165) is 15.5 Å². The number of fused-ring (bicyclic) bond motifs is 3. The standard InChI is InChI=1S/C19H12N4O5S/c24-15(26-8-14-21-18(28-22-14)11-5-6-29-9-11)7-23-10-20-16-12-3-1-2-4-13(12)27-17(16)19(23)25/h1-6,9-10H,7-8H2. The number of para-hydroxylation sites is 1. The summed E-state index contributed by atoms with van der Waals surface area (Å²) < 4.78 is 17.0. The fraction of sp³-hybridized carbons (Fsp3) is 0.105. The Labute approximate surface area is 166 Å². The molecule has 0 spiro atoms. The summed E-state index contributed by atoms with van der Waals surface area (Å²) in [5.41, 5.74) is 1.47. The van der Waals surface area contributed by atoms with E-state index in [-0.39, 0.29) is 24.6 Å². The molecule has 0 amide bonds. The number of hydrogen-bond acceptors (Lipinski definition) is 9.